The number of hydrogen-bond donors (Lipinski definition) is 0. The number of anilines is 1. The molecule has 122 valence electrons. The maximum absolute atomic E-state index is 12.2. The molecule has 0 N–H and O–H groups in total. The van der Waals surface area contributed by atoms with E-state index in [9.17, 15) is 4.79 Å². The second-order valence-electron chi connectivity index (χ2n) is 6.08. The molecule has 0 unspecified atom stereocenters. The van der Waals surface area contributed by atoms with Gasteiger partial charge in [0, 0.05) is 31.4 Å². The van der Waals surface area contributed by atoms with Gasteiger partial charge in [-0.3, -0.25) is 4.90 Å². The molecule has 0 spiro atoms. The fourth-order valence-electron chi connectivity index (χ4n) is 3.58. The van der Waals surface area contributed by atoms with Crippen molar-refractivity contribution in [3.8, 4) is 0 Å². The second kappa shape index (κ2) is 5.45. The summed E-state index contributed by atoms with van der Waals surface area (Å²) in [5.41, 5.74) is 0.916. The summed E-state index contributed by atoms with van der Waals surface area (Å²) in [6.45, 7) is 4.15. The molecule has 0 aliphatic carbocycles. The monoisotopic (exact) mass is 379 g/mol. The first-order valence-corrected chi connectivity index (χ1v) is 8.56. The van der Waals surface area contributed by atoms with E-state index in [-0.39, 0.29) is 0 Å². The first-order valence-electron chi connectivity index (χ1n) is 7.77. The molecule has 0 aromatic carbocycles. The molecule has 4 heterocycles. The summed E-state index contributed by atoms with van der Waals surface area (Å²) in [6, 6.07) is 3.05. The number of nitrogens with zero attached hydrogens (tertiary/aromatic N) is 5. The maximum atomic E-state index is 12.2. The minimum atomic E-state index is -0.401. The number of carbonyl (C=O) groups is 1. The molecular formula is C15H18BrN5O2. The number of likely N-dealkylation sites (tertiary alicyclic amines) is 1. The molecule has 7 nitrogen and oxygen atoms in total. The van der Waals surface area contributed by atoms with E-state index in [1.165, 1.54) is 6.42 Å². The Morgan fingerprint density at radius 1 is 1.43 bits per heavy atom. The second-order valence-corrected chi connectivity index (χ2v) is 6.83. The summed E-state index contributed by atoms with van der Waals surface area (Å²) in [7, 11) is 2.17. The van der Waals surface area contributed by atoms with Crippen molar-refractivity contribution in [1.29, 1.82) is 0 Å². The number of aromatic nitrogens is 3. The molecule has 0 amide bonds. The van der Waals surface area contributed by atoms with Crippen molar-refractivity contribution in [1.82, 2.24) is 19.5 Å². The maximum Gasteiger partial charge on any atom is 0.344 e. The van der Waals surface area contributed by atoms with Gasteiger partial charge in [-0.25, -0.2) is 14.3 Å². The van der Waals surface area contributed by atoms with Crippen LogP contribution in [0.15, 0.2) is 16.9 Å². The predicted octanol–water partition coefficient (Wildman–Crippen LogP) is 1.56. The fraction of sp³-hybridized carbons (Fsp3) is 0.533. The van der Waals surface area contributed by atoms with Crippen LogP contribution in [0, 0.1) is 0 Å². The van der Waals surface area contributed by atoms with Crippen LogP contribution in [0.5, 0.6) is 0 Å². The zero-order valence-electron chi connectivity index (χ0n) is 13.1. The third-order valence-corrected chi connectivity index (χ3v) is 5.27. The Bertz CT molecular complexity index is 775. The van der Waals surface area contributed by atoms with Gasteiger partial charge in [0.05, 0.1) is 6.61 Å². The van der Waals surface area contributed by atoms with E-state index in [0.717, 1.165) is 18.9 Å². The fourth-order valence-corrected chi connectivity index (χ4v) is 4.09. The number of carbonyl (C=O) groups excluding carboxylic acids is 1. The van der Waals surface area contributed by atoms with E-state index in [0.29, 0.717) is 34.5 Å². The molecule has 4 rings (SSSR count). The van der Waals surface area contributed by atoms with Crippen molar-refractivity contribution < 1.29 is 9.53 Å². The first kappa shape index (κ1) is 14.9. The van der Waals surface area contributed by atoms with E-state index in [1.54, 1.807) is 11.4 Å². The lowest BCUT2D eigenvalue weighted by Crippen LogP contribution is -2.44. The summed E-state index contributed by atoms with van der Waals surface area (Å²) in [4.78, 5) is 21.6. The summed E-state index contributed by atoms with van der Waals surface area (Å²) in [5, 5.41) is 4.29. The van der Waals surface area contributed by atoms with Crippen LogP contribution in [0.3, 0.4) is 0 Å². The Balaban J connectivity index is 1.73. The topological polar surface area (TPSA) is 63.0 Å². The average Bonchev–Trinajstić information content (AvgIpc) is 3.17. The molecule has 2 aliphatic heterocycles. The highest BCUT2D eigenvalue weighted by Gasteiger charge is 2.42. The minimum absolute atomic E-state index is 0.324. The van der Waals surface area contributed by atoms with Crippen molar-refractivity contribution in [2.24, 2.45) is 0 Å². The van der Waals surface area contributed by atoms with E-state index in [2.05, 4.69) is 37.9 Å². The zero-order valence-corrected chi connectivity index (χ0v) is 14.7. The highest BCUT2D eigenvalue weighted by molar-refractivity contribution is 9.10. The SMILES string of the molecule is CCOC(=O)c1c(Br)nn2ccc(N3C[C@H]4C[C@@H]3CN4C)nc12. The predicted molar refractivity (Wildman–Crippen MR) is 88.8 cm³/mol. The van der Waals surface area contributed by atoms with Gasteiger partial charge in [-0.05, 0) is 42.4 Å². The Labute approximate surface area is 142 Å². The molecule has 0 saturated carbocycles. The molecule has 2 saturated heterocycles. The lowest BCUT2D eigenvalue weighted by atomic mass is 10.2. The molecule has 2 fully saturated rings. The average molecular weight is 380 g/mol. The summed E-state index contributed by atoms with van der Waals surface area (Å²) >= 11 is 3.34. The quantitative estimate of drug-likeness (QED) is 0.754. The Morgan fingerprint density at radius 3 is 2.91 bits per heavy atom. The Kier molecular flexibility index (Phi) is 3.53. The van der Waals surface area contributed by atoms with Gasteiger partial charge in [0.1, 0.15) is 16.0 Å². The number of esters is 1. The molecular weight excluding hydrogens is 362 g/mol. The number of piperazine rings is 1. The van der Waals surface area contributed by atoms with Crippen LogP contribution < -0.4 is 4.90 Å². The van der Waals surface area contributed by atoms with Crippen molar-refractivity contribution in [3.05, 3.63) is 22.4 Å². The molecule has 2 aliphatic rings. The molecule has 2 atom stereocenters. The van der Waals surface area contributed by atoms with Crippen LogP contribution in [0.25, 0.3) is 5.65 Å². The summed E-state index contributed by atoms with van der Waals surface area (Å²) < 4.78 is 7.19. The van der Waals surface area contributed by atoms with Gasteiger partial charge in [-0.15, -0.1) is 0 Å². The number of fused-ring (bicyclic) bond motifs is 3. The highest BCUT2D eigenvalue weighted by atomic mass is 79.9. The van der Waals surface area contributed by atoms with Crippen molar-refractivity contribution in [2.75, 3.05) is 31.6 Å². The first-order chi connectivity index (χ1) is 11.1. The molecule has 2 aromatic heterocycles. The van der Waals surface area contributed by atoms with Crippen molar-refractivity contribution in [3.63, 3.8) is 0 Å². The smallest absolute Gasteiger partial charge is 0.344 e. The van der Waals surface area contributed by atoms with Gasteiger partial charge in [0.25, 0.3) is 0 Å². The van der Waals surface area contributed by atoms with E-state index >= 15 is 0 Å². The van der Waals surface area contributed by atoms with Gasteiger partial charge in [0.2, 0.25) is 0 Å². The van der Waals surface area contributed by atoms with Gasteiger partial charge in [0.15, 0.2) is 5.65 Å². The van der Waals surface area contributed by atoms with Crippen LogP contribution in [-0.2, 0) is 4.74 Å². The van der Waals surface area contributed by atoms with Crippen LogP contribution >= 0.6 is 15.9 Å². The molecule has 23 heavy (non-hydrogen) atoms. The summed E-state index contributed by atoms with van der Waals surface area (Å²) in [6.07, 6.45) is 3.03. The normalized spacial score (nSPS) is 23.9. The number of hydrogen-bond acceptors (Lipinski definition) is 6. The Morgan fingerprint density at radius 2 is 2.26 bits per heavy atom. The van der Waals surface area contributed by atoms with E-state index in [4.69, 9.17) is 9.72 Å². The number of likely N-dealkylation sites (N-methyl/N-ethyl adjacent to an activating group) is 1. The van der Waals surface area contributed by atoms with Gasteiger partial charge >= 0.3 is 5.97 Å². The lowest BCUT2D eigenvalue weighted by molar-refractivity contribution is 0.0527. The van der Waals surface area contributed by atoms with E-state index in [1.807, 2.05) is 12.3 Å². The van der Waals surface area contributed by atoms with Crippen LogP contribution in [0.4, 0.5) is 5.82 Å². The number of rotatable bonds is 3. The zero-order chi connectivity index (χ0) is 16.1. The van der Waals surface area contributed by atoms with E-state index < -0.39 is 5.97 Å². The third-order valence-electron chi connectivity index (χ3n) is 4.72. The van der Waals surface area contributed by atoms with Crippen molar-refractivity contribution >= 4 is 33.4 Å². The number of halogens is 1. The molecule has 2 bridgehead atoms. The van der Waals surface area contributed by atoms with Crippen LogP contribution in [-0.4, -0.2) is 64.3 Å². The third kappa shape index (κ3) is 2.31. The van der Waals surface area contributed by atoms with Crippen LogP contribution in [0.1, 0.15) is 23.7 Å². The summed E-state index contributed by atoms with van der Waals surface area (Å²) in [5.74, 6) is 0.498. The van der Waals surface area contributed by atoms with Gasteiger partial charge in [-0.2, -0.15) is 5.10 Å². The molecule has 8 heteroatoms. The van der Waals surface area contributed by atoms with Gasteiger partial charge < -0.3 is 9.64 Å². The van der Waals surface area contributed by atoms with Gasteiger partial charge in [-0.1, -0.05) is 0 Å². The Hall–Kier alpha value is -1.67. The largest absolute Gasteiger partial charge is 0.462 e. The number of ether oxygens (including phenoxy) is 1. The minimum Gasteiger partial charge on any atom is -0.462 e. The van der Waals surface area contributed by atoms with Crippen molar-refractivity contribution in [2.45, 2.75) is 25.4 Å². The highest BCUT2D eigenvalue weighted by Crippen LogP contribution is 2.33. The van der Waals surface area contributed by atoms with Crippen LogP contribution in [0.2, 0.25) is 0 Å². The molecule has 0 radical (unpaired) electrons. The molecule has 2 aromatic rings. The standard InChI is InChI=1S/C15H18BrN5O2/c1-3-23-15(22)12-13(16)18-21-5-4-11(17-14(12)21)20-8-9-6-10(20)7-19(9)2/h4-5,9-10H,3,6-8H2,1-2H3/t9-,10-/m1/s1. The lowest BCUT2D eigenvalue weighted by Gasteiger charge is -2.32.